The molecule has 6 nitrogen and oxygen atoms in total. The number of benzene rings is 2. The van der Waals surface area contributed by atoms with Crippen molar-refractivity contribution < 1.29 is 0 Å². The minimum absolute atomic E-state index is 0.593. The first-order valence-electron chi connectivity index (χ1n) is 11.1. The van der Waals surface area contributed by atoms with Gasteiger partial charge >= 0.3 is 0 Å². The summed E-state index contributed by atoms with van der Waals surface area (Å²) in [7, 11) is 0. The van der Waals surface area contributed by atoms with E-state index < -0.39 is 0 Å². The van der Waals surface area contributed by atoms with Gasteiger partial charge in [-0.25, -0.2) is 0 Å². The molecule has 1 fully saturated rings. The van der Waals surface area contributed by atoms with Crippen LogP contribution in [0.25, 0.3) is 5.69 Å². The summed E-state index contributed by atoms with van der Waals surface area (Å²) in [6.45, 7) is 8.04. The maximum atomic E-state index is 3.93. The first-order valence-corrected chi connectivity index (χ1v) is 11.1. The highest BCUT2D eigenvalue weighted by Gasteiger charge is 2.23. The molecule has 0 bridgehead atoms. The zero-order valence-corrected chi connectivity index (χ0v) is 17.5. The Balaban J connectivity index is 1.09. The van der Waals surface area contributed by atoms with Crippen molar-refractivity contribution in [2.75, 3.05) is 44.6 Å². The second-order valence-electron chi connectivity index (χ2n) is 8.46. The van der Waals surface area contributed by atoms with Gasteiger partial charge in [0.05, 0.1) is 0 Å². The van der Waals surface area contributed by atoms with Gasteiger partial charge in [-0.2, -0.15) is 0 Å². The predicted molar refractivity (Wildman–Crippen MR) is 120 cm³/mol. The van der Waals surface area contributed by atoms with Gasteiger partial charge in [0.15, 0.2) is 0 Å². The monoisotopic (exact) mass is 402 g/mol. The van der Waals surface area contributed by atoms with Crippen LogP contribution in [0, 0.1) is 0 Å². The minimum Gasteiger partial charge on any atom is -0.384 e. The third kappa shape index (κ3) is 4.40. The van der Waals surface area contributed by atoms with E-state index in [4.69, 9.17) is 0 Å². The highest BCUT2D eigenvalue weighted by molar-refractivity contribution is 5.61. The summed E-state index contributed by atoms with van der Waals surface area (Å²) < 4.78 is 1.98. The Bertz CT molecular complexity index is 932. The number of hydrogen-bond donors (Lipinski definition) is 1. The van der Waals surface area contributed by atoms with Crippen molar-refractivity contribution in [3.8, 4) is 5.69 Å². The number of anilines is 1. The van der Waals surface area contributed by atoms with E-state index in [2.05, 4.69) is 73.8 Å². The van der Waals surface area contributed by atoms with Crippen LogP contribution in [0.2, 0.25) is 0 Å². The number of nitrogens with one attached hydrogen (secondary N) is 1. The zero-order chi connectivity index (χ0) is 20.2. The fraction of sp³-hybridized carbons (Fsp3) is 0.417. The van der Waals surface area contributed by atoms with Crippen molar-refractivity contribution in [1.29, 1.82) is 0 Å². The van der Waals surface area contributed by atoms with Crippen molar-refractivity contribution in [1.82, 2.24) is 24.6 Å². The van der Waals surface area contributed by atoms with Gasteiger partial charge < -0.3 is 10.2 Å². The Morgan fingerprint density at radius 2 is 1.67 bits per heavy atom. The molecule has 0 radical (unpaired) electrons. The normalized spacial score (nSPS) is 19.5. The molecule has 3 heterocycles. The fourth-order valence-electron chi connectivity index (χ4n) is 4.72. The van der Waals surface area contributed by atoms with E-state index in [1.807, 2.05) is 4.57 Å². The van der Waals surface area contributed by atoms with E-state index >= 15 is 0 Å². The second-order valence-corrected chi connectivity index (χ2v) is 8.46. The molecule has 1 atom stereocenters. The molecule has 156 valence electrons. The van der Waals surface area contributed by atoms with Crippen molar-refractivity contribution in [2.24, 2.45) is 0 Å². The van der Waals surface area contributed by atoms with Crippen LogP contribution in [-0.4, -0.2) is 63.8 Å². The third-order valence-corrected chi connectivity index (χ3v) is 6.47. The number of nitrogens with zero attached hydrogens (tertiary/aromatic N) is 5. The molecular formula is C24H30N6. The highest BCUT2D eigenvalue weighted by Crippen LogP contribution is 2.35. The molecule has 0 spiro atoms. The largest absolute Gasteiger partial charge is 0.384 e. The lowest BCUT2D eigenvalue weighted by atomic mass is 9.95. The summed E-state index contributed by atoms with van der Waals surface area (Å²) in [5.74, 6) is 0.593. The van der Waals surface area contributed by atoms with Crippen molar-refractivity contribution in [3.05, 3.63) is 72.3 Å². The molecule has 30 heavy (non-hydrogen) atoms. The number of rotatable bonds is 7. The molecule has 5 rings (SSSR count). The first-order chi connectivity index (χ1) is 14.8. The first kappa shape index (κ1) is 19.3. The summed E-state index contributed by atoms with van der Waals surface area (Å²) in [5.41, 5.74) is 5.28. The Labute approximate surface area is 178 Å². The molecule has 1 aromatic heterocycles. The molecule has 1 unspecified atom stereocenters. The lowest BCUT2D eigenvalue weighted by Gasteiger charge is -2.34. The minimum atomic E-state index is 0.593. The van der Waals surface area contributed by atoms with Crippen molar-refractivity contribution in [2.45, 2.75) is 25.3 Å². The molecule has 6 heteroatoms. The molecule has 1 saturated heterocycles. The van der Waals surface area contributed by atoms with Gasteiger partial charge in [-0.3, -0.25) is 9.47 Å². The average molecular weight is 403 g/mol. The van der Waals surface area contributed by atoms with Crippen LogP contribution >= 0.6 is 0 Å². The van der Waals surface area contributed by atoms with Gasteiger partial charge in [-0.15, -0.1) is 10.2 Å². The van der Waals surface area contributed by atoms with E-state index in [1.54, 1.807) is 12.7 Å². The Morgan fingerprint density at radius 1 is 0.900 bits per heavy atom. The Kier molecular flexibility index (Phi) is 5.77. The molecule has 0 amide bonds. The Hall–Kier alpha value is -2.70. The quantitative estimate of drug-likeness (QED) is 0.657. The topological polar surface area (TPSA) is 49.2 Å². The van der Waals surface area contributed by atoms with Gasteiger partial charge in [0.1, 0.15) is 12.7 Å². The highest BCUT2D eigenvalue weighted by atomic mass is 15.3. The molecule has 2 aliphatic heterocycles. The summed E-state index contributed by atoms with van der Waals surface area (Å²) in [6.07, 6.45) is 6.00. The van der Waals surface area contributed by atoms with Crippen LogP contribution < -0.4 is 5.32 Å². The van der Waals surface area contributed by atoms with E-state index in [0.29, 0.717) is 5.92 Å². The van der Waals surface area contributed by atoms with Gasteiger partial charge in [-0.05, 0) is 48.7 Å². The number of piperazine rings is 1. The standard InChI is InChI=1S/C24H30N6/c1-2-5-20(6-3-1)17-29-13-11-28(12-14-29)10-4-7-21-16-25-24-9-8-22(15-23(21)24)30-18-26-27-19-30/h1-3,5-6,8-9,15,18-19,21,25H,4,7,10-14,16-17H2. The lowest BCUT2D eigenvalue weighted by molar-refractivity contribution is 0.125. The van der Waals surface area contributed by atoms with Crippen LogP contribution in [0.15, 0.2) is 61.2 Å². The number of fused-ring (bicyclic) bond motifs is 1. The molecule has 0 saturated carbocycles. The van der Waals surface area contributed by atoms with Gasteiger partial charge in [0.25, 0.3) is 0 Å². The van der Waals surface area contributed by atoms with Gasteiger partial charge in [0, 0.05) is 56.6 Å². The molecular weight excluding hydrogens is 372 g/mol. The lowest BCUT2D eigenvalue weighted by Crippen LogP contribution is -2.46. The van der Waals surface area contributed by atoms with E-state index in [-0.39, 0.29) is 0 Å². The van der Waals surface area contributed by atoms with Gasteiger partial charge in [-0.1, -0.05) is 30.3 Å². The maximum Gasteiger partial charge on any atom is 0.123 e. The summed E-state index contributed by atoms with van der Waals surface area (Å²) >= 11 is 0. The molecule has 2 aromatic carbocycles. The molecule has 1 N–H and O–H groups in total. The molecule has 0 aliphatic carbocycles. The smallest absolute Gasteiger partial charge is 0.123 e. The van der Waals surface area contributed by atoms with Crippen molar-refractivity contribution >= 4 is 5.69 Å². The van der Waals surface area contributed by atoms with E-state index in [1.165, 1.54) is 62.4 Å². The second kappa shape index (κ2) is 8.98. The average Bonchev–Trinajstić information content (AvgIpc) is 3.46. The third-order valence-electron chi connectivity index (χ3n) is 6.47. The Morgan fingerprint density at radius 3 is 2.47 bits per heavy atom. The van der Waals surface area contributed by atoms with Crippen LogP contribution in [0.4, 0.5) is 5.69 Å². The summed E-state index contributed by atoms with van der Waals surface area (Å²) in [5, 5.41) is 11.4. The SMILES string of the molecule is c1ccc(CN2CCN(CCCC3CNc4ccc(-n5cnnc5)cc43)CC2)cc1. The van der Waals surface area contributed by atoms with Gasteiger partial charge in [0.2, 0.25) is 0 Å². The number of aromatic nitrogens is 3. The van der Waals surface area contributed by atoms with Crippen LogP contribution in [-0.2, 0) is 6.54 Å². The van der Waals surface area contributed by atoms with Crippen LogP contribution in [0.1, 0.15) is 29.9 Å². The van der Waals surface area contributed by atoms with E-state index in [0.717, 1.165) is 18.8 Å². The number of hydrogen-bond acceptors (Lipinski definition) is 5. The van der Waals surface area contributed by atoms with Crippen molar-refractivity contribution in [3.63, 3.8) is 0 Å². The molecule has 2 aliphatic rings. The zero-order valence-electron chi connectivity index (χ0n) is 17.5. The molecule has 3 aromatic rings. The van der Waals surface area contributed by atoms with Crippen LogP contribution in [0.5, 0.6) is 0 Å². The summed E-state index contributed by atoms with van der Waals surface area (Å²) in [4.78, 5) is 5.22. The summed E-state index contributed by atoms with van der Waals surface area (Å²) in [6, 6.07) is 17.4. The maximum absolute atomic E-state index is 3.93. The van der Waals surface area contributed by atoms with E-state index in [9.17, 15) is 0 Å². The van der Waals surface area contributed by atoms with Crippen LogP contribution in [0.3, 0.4) is 0 Å². The predicted octanol–water partition coefficient (Wildman–Crippen LogP) is 3.37. The fourth-order valence-corrected chi connectivity index (χ4v) is 4.72.